The van der Waals surface area contributed by atoms with Gasteiger partial charge in [-0.2, -0.15) is 0 Å². The van der Waals surface area contributed by atoms with Crippen molar-refractivity contribution >= 4 is 11.6 Å². The summed E-state index contributed by atoms with van der Waals surface area (Å²) in [6.45, 7) is 4.92. The number of hydrogen-bond donors (Lipinski definition) is 2. The molecule has 1 aromatic carbocycles. The number of carbonyl (C=O) groups excluding carboxylic acids is 1. The van der Waals surface area contributed by atoms with Gasteiger partial charge < -0.3 is 11.1 Å². The monoisotopic (exact) mass is 290 g/mol. The van der Waals surface area contributed by atoms with Crippen molar-refractivity contribution in [3.05, 3.63) is 29.3 Å². The highest BCUT2D eigenvalue weighted by Crippen LogP contribution is 2.12. The summed E-state index contributed by atoms with van der Waals surface area (Å²) in [6, 6.07) is 5.42. The Balaban J connectivity index is 2.09. The Labute approximate surface area is 129 Å². The van der Waals surface area contributed by atoms with Crippen molar-refractivity contribution in [2.45, 2.75) is 65.2 Å². The van der Waals surface area contributed by atoms with Gasteiger partial charge in [0.15, 0.2) is 0 Å². The fraction of sp³-hybridized carbons (Fsp3) is 0.611. The molecule has 1 amide bonds. The van der Waals surface area contributed by atoms with Crippen molar-refractivity contribution in [3.63, 3.8) is 0 Å². The van der Waals surface area contributed by atoms with Gasteiger partial charge in [0.2, 0.25) is 0 Å². The molecule has 1 aromatic rings. The smallest absolute Gasteiger partial charge is 0.251 e. The van der Waals surface area contributed by atoms with Crippen LogP contribution in [0.1, 0.15) is 74.2 Å². The third-order valence-electron chi connectivity index (χ3n) is 3.85. The summed E-state index contributed by atoms with van der Waals surface area (Å²) in [5.74, 6) is 0.000968. The number of unbranched alkanes of at least 4 members (excludes halogenated alkanes) is 7. The number of benzene rings is 1. The van der Waals surface area contributed by atoms with Crippen LogP contribution in [0.15, 0.2) is 18.2 Å². The van der Waals surface area contributed by atoms with Crippen LogP contribution in [0.3, 0.4) is 0 Å². The molecule has 0 saturated heterocycles. The average molecular weight is 290 g/mol. The lowest BCUT2D eigenvalue weighted by molar-refractivity contribution is 0.0953. The molecular formula is C18H30N2O. The second kappa shape index (κ2) is 10.3. The van der Waals surface area contributed by atoms with Crippen LogP contribution in [-0.4, -0.2) is 12.5 Å². The van der Waals surface area contributed by atoms with E-state index in [1.807, 2.05) is 13.0 Å². The number of rotatable bonds is 10. The zero-order valence-corrected chi connectivity index (χ0v) is 13.6. The normalized spacial score (nSPS) is 10.6. The summed E-state index contributed by atoms with van der Waals surface area (Å²) in [4.78, 5) is 12.0. The first-order valence-electron chi connectivity index (χ1n) is 8.29. The molecule has 1 rings (SSSR count). The first-order valence-corrected chi connectivity index (χ1v) is 8.29. The average Bonchev–Trinajstić information content (AvgIpc) is 2.48. The Morgan fingerprint density at radius 3 is 2.29 bits per heavy atom. The van der Waals surface area contributed by atoms with Gasteiger partial charge in [0.05, 0.1) is 0 Å². The maximum atomic E-state index is 12.0. The third-order valence-corrected chi connectivity index (χ3v) is 3.85. The lowest BCUT2D eigenvalue weighted by Gasteiger charge is -2.07. The number of nitrogens with two attached hydrogens (primary N) is 1. The van der Waals surface area contributed by atoms with E-state index in [0.717, 1.165) is 24.2 Å². The summed E-state index contributed by atoms with van der Waals surface area (Å²) in [6.07, 6.45) is 10.2. The van der Waals surface area contributed by atoms with Gasteiger partial charge in [-0.05, 0) is 37.1 Å². The summed E-state index contributed by atoms with van der Waals surface area (Å²) in [7, 11) is 0. The lowest BCUT2D eigenvalue weighted by Crippen LogP contribution is -2.24. The number of anilines is 1. The van der Waals surface area contributed by atoms with E-state index in [9.17, 15) is 4.79 Å². The molecule has 118 valence electrons. The maximum absolute atomic E-state index is 12.0. The number of nitrogens with one attached hydrogen (secondary N) is 1. The first kappa shape index (κ1) is 17.5. The summed E-state index contributed by atoms with van der Waals surface area (Å²) in [5.41, 5.74) is 8.14. The molecule has 3 heteroatoms. The van der Waals surface area contributed by atoms with Crippen molar-refractivity contribution in [3.8, 4) is 0 Å². The highest BCUT2D eigenvalue weighted by atomic mass is 16.1. The Bertz CT molecular complexity index is 429. The third kappa shape index (κ3) is 7.16. The van der Waals surface area contributed by atoms with Gasteiger partial charge in [-0.1, -0.05) is 51.9 Å². The van der Waals surface area contributed by atoms with Crippen molar-refractivity contribution in [2.75, 3.05) is 12.3 Å². The van der Waals surface area contributed by atoms with Crippen LogP contribution in [0.5, 0.6) is 0 Å². The molecule has 0 aromatic heterocycles. The SMILES string of the molecule is CCCCCCCCCCNC(=O)c1ccc(N)c(C)c1. The first-order chi connectivity index (χ1) is 10.1. The Morgan fingerprint density at radius 1 is 1.05 bits per heavy atom. The van der Waals surface area contributed by atoms with Gasteiger partial charge >= 0.3 is 0 Å². The number of carbonyl (C=O) groups is 1. The number of hydrogen-bond acceptors (Lipinski definition) is 2. The van der Waals surface area contributed by atoms with Crippen molar-refractivity contribution < 1.29 is 4.79 Å². The quantitative estimate of drug-likeness (QED) is 0.494. The van der Waals surface area contributed by atoms with Gasteiger partial charge in [0, 0.05) is 17.8 Å². The molecule has 0 aliphatic carbocycles. The van der Waals surface area contributed by atoms with E-state index in [2.05, 4.69) is 12.2 Å². The van der Waals surface area contributed by atoms with E-state index in [-0.39, 0.29) is 5.91 Å². The highest BCUT2D eigenvalue weighted by molar-refractivity contribution is 5.94. The van der Waals surface area contributed by atoms with Crippen LogP contribution >= 0.6 is 0 Å². The summed E-state index contributed by atoms with van der Waals surface area (Å²) >= 11 is 0. The van der Waals surface area contributed by atoms with E-state index in [1.54, 1.807) is 12.1 Å². The minimum atomic E-state index is 0.000968. The molecule has 3 nitrogen and oxygen atoms in total. The molecular weight excluding hydrogens is 260 g/mol. The second-order valence-corrected chi connectivity index (χ2v) is 5.80. The standard InChI is InChI=1S/C18H30N2O/c1-3-4-5-6-7-8-9-10-13-20-18(21)16-11-12-17(19)15(2)14-16/h11-12,14H,3-10,13,19H2,1-2H3,(H,20,21). The minimum absolute atomic E-state index is 0.000968. The van der Waals surface area contributed by atoms with E-state index in [0.29, 0.717) is 5.56 Å². The molecule has 0 bridgehead atoms. The Morgan fingerprint density at radius 2 is 1.67 bits per heavy atom. The van der Waals surface area contributed by atoms with Crippen molar-refractivity contribution in [1.29, 1.82) is 0 Å². The molecule has 0 saturated carbocycles. The van der Waals surface area contributed by atoms with Crippen molar-refractivity contribution in [1.82, 2.24) is 5.32 Å². The van der Waals surface area contributed by atoms with Crippen LogP contribution in [-0.2, 0) is 0 Å². The molecule has 21 heavy (non-hydrogen) atoms. The molecule has 0 atom stereocenters. The molecule has 0 spiro atoms. The molecule has 0 radical (unpaired) electrons. The topological polar surface area (TPSA) is 55.1 Å². The fourth-order valence-corrected chi connectivity index (χ4v) is 2.38. The van der Waals surface area contributed by atoms with Crippen LogP contribution in [0, 0.1) is 6.92 Å². The van der Waals surface area contributed by atoms with E-state index in [4.69, 9.17) is 5.73 Å². The summed E-state index contributed by atoms with van der Waals surface area (Å²) < 4.78 is 0. The van der Waals surface area contributed by atoms with Crippen LogP contribution in [0.4, 0.5) is 5.69 Å². The van der Waals surface area contributed by atoms with Crippen LogP contribution < -0.4 is 11.1 Å². The van der Waals surface area contributed by atoms with E-state index in [1.165, 1.54) is 44.9 Å². The lowest BCUT2D eigenvalue weighted by atomic mass is 10.1. The predicted molar refractivity (Wildman–Crippen MR) is 90.5 cm³/mol. The van der Waals surface area contributed by atoms with Crippen molar-refractivity contribution in [2.24, 2.45) is 0 Å². The van der Waals surface area contributed by atoms with Crippen LogP contribution in [0.25, 0.3) is 0 Å². The molecule has 0 aliphatic rings. The van der Waals surface area contributed by atoms with Gasteiger partial charge in [-0.15, -0.1) is 0 Å². The Kier molecular flexibility index (Phi) is 8.56. The molecule has 0 unspecified atom stereocenters. The highest BCUT2D eigenvalue weighted by Gasteiger charge is 2.05. The van der Waals surface area contributed by atoms with E-state index >= 15 is 0 Å². The molecule has 0 aliphatic heterocycles. The molecule has 0 heterocycles. The molecule has 0 fully saturated rings. The minimum Gasteiger partial charge on any atom is -0.399 e. The maximum Gasteiger partial charge on any atom is 0.251 e. The van der Waals surface area contributed by atoms with Gasteiger partial charge in [0.25, 0.3) is 5.91 Å². The van der Waals surface area contributed by atoms with E-state index < -0.39 is 0 Å². The largest absolute Gasteiger partial charge is 0.399 e. The number of nitrogen functional groups attached to an aromatic ring is 1. The number of aryl methyl sites for hydroxylation is 1. The second-order valence-electron chi connectivity index (χ2n) is 5.80. The zero-order valence-electron chi connectivity index (χ0n) is 13.6. The summed E-state index contributed by atoms with van der Waals surface area (Å²) in [5, 5.41) is 2.98. The van der Waals surface area contributed by atoms with Crippen LogP contribution in [0.2, 0.25) is 0 Å². The Hall–Kier alpha value is -1.51. The van der Waals surface area contributed by atoms with Gasteiger partial charge in [0.1, 0.15) is 0 Å². The number of amides is 1. The fourth-order valence-electron chi connectivity index (χ4n) is 2.38. The predicted octanol–water partition coefficient (Wildman–Crippen LogP) is 4.45. The molecule has 3 N–H and O–H groups in total. The zero-order chi connectivity index (χ0) is 15.5. The van der Waals surface area contributed by atoms with Gasteiger partial charge in [-0.25, -0.2) is 0 Å². The van der Waals surface area contributed by atoms with Gasteiger partial charge in [-0.3, -0.25) is 4.79 Å².